The number of carboxylic acid groups (broad SMARTS) is 1. The molecule has 0 atom stereocenters. The molecule has 20 heavy (non-hydrogen) atoms. The number of carbonyl (C=O) groups excluding carboxylic acids is 1. The predicted molar refractivity (Wildman–Crippen MR) is 76.2 cm³/mol. The fourth-order valence-electron chi connectivity index (χ4n) is 1.97. The average Bonchev–Trinajstić information content (AvgIpc) is 2.30. The minimum Gasteiger partial charge on any atom is -0.505 e. The van der Waals surface area contributed by atoms with Gasteiger partial charge in [-0.2, -0.15) is 0 Å². The van der Waals surface area contributed by atoms with Gasteiger partial charge in [0.15, 0.2) is 5.75 Å². The molecule has 0 fully saturated rings. The van der Waals surface area contributed by atoms with Gasteiger partial charge in [0.1, 0.15) is 5.56 Å². The zero-order valence-corrected chi connectivity index (χ0v) is 11.9. The van der Waals surface area contributed by atoms with Crippen molar-refractivity contribution in [3.63, 3.8) is 0 Å². The van der Waals surface area contributed by atoms with Crippen LogP contribution in [0.25, 0.3) is 0 Å². The van der Waals surface area contributed by atoms with Crippen LogP contribution in [0.3, 0.4) is 0 Å². The fraction of sp³-hybridized carbons (Fsp3) is 0.429. The van der Waals surface area contributed by atoms with E-state index < -0.39 is 17.7 Å². The Hall–Kier alpha value is -2.24. The van der Waals surface area contributed by atoms with E-state index in [0.717, 1.165) is 12.8 Å². The fourth-order valence-corrected chi connectivity index (χ4v) is 1.97. The number of aromatic hydroxyl groups is 1. The van der Waals surface area contributed by atoms with Gasteiger partial charge in [-0.25, -0.2) is 9.59 Å². The number of hydrogen-bond acceptors (Lipinski definition) is 3. The number of carboxylic acids is 1. The number of carbonyl (C=O) groups is 2. The van der Waals surface area contributed by atoms with Gasteiger partial charge in [0, 0.05) is 5.54 Å². The highest BCUT2D eigenvalue weighted by molar-refractivity contribution is 5.97. The van der Waals surface area contributed by atoms with E-state index in [9.17, 15) is 14.7 Å². The van der Waals surface area contributed by atoms with Gasteiger partial charge < -0.3 is 20.8 Å². The van der Waals surface area contributed by atoms with Crippen molar-refractivity contribution < 1.29 is 19.8 Å². The summed E-state index contributed by atoms with van der Waals surface area (Å²) in [6.07, 6.45) is 1.73. The topological polar surface area (TPSA) is 98.7 Å². The van der Waals surface area contributed by atoms with E-state index >= 15 is 0 Å². The molecule has 0 aliphatic heterocycles. The molecule has 0 radical (unpaired) electrons. The summed E-state index contributed by atoms with van der Waals surface area (Å²) in [4.78, 5) is 22.7. The molecule has 1 aromatic carbocycles. The highest BCUT2D eigenvalue weighted by Gasteiger charge is 2.20. The van der Waals surface area contributed by atoms with Crippen LogP contribution in [0.4, 0.5) is 10.5 Å². The van der Waals surface area contributed by atoms with E-state index in [4.69, 9.17) is 5.11 Å². The molecule has 1 rings (SSSR count). The third-order valence-corrected chi connectivity index (χ3v) is 2.84. The van der Waals surface area contributed by atoms with Crippen LogP contribution in [0.1, 0.15) is 44.0 Å². The van der Waals surface area contributed by atoms with E-state index in [1.165, 1.54) is 18.2 Å². The highest BCUT2D eigenvalue weighted by Crippen LogP contribution is 2.27. The summed E-state index contributed by atoms with van der Waals surface area (Å²) in [5.41, 5.74) is -0.566. The quantitative estimate of drug-likeness (QED) is 0.623. The largest absolute Gasteiger partial charge is 0.505 e. The van der Waals surface area contributed by atoms with Crippen molar-refractivity contribution in [3.8, 4) is 5.75 Å². The molecule has 1 aromatic rings. The lowest BCUT2D eigenvalue weighted by Crippen LogP contribution is -2.45. The van der Waals surface area contributed by atoms with Gasteiger partial charge in [0.25, 0.3) is 0 Å². The van der Waals surface area contributed by atoms with Crippen molar-refractivity contribution >= 4 is 17.7 Å². The van der Waals surface area contributed by atoms with Crippen molar-refractivity contribution in [1.29, 1.82) is 0 Å². The van der Waals surface area contributed by atoms with Gasteiger partial charge in [0.2, 0.25) is 0 Å². The van der Waals surface area contributed by atoms with Crippen molar-refractivity contribution in [2.75, 3.05) is 5.32 Å². The Morgan fingerprint density at radius 2 is 1.95 bits per heavy atom. The smallest absolute Gasteiger partial charge is 0.339 e. The predicted octanol–water partition coefficient (Wildman–Crippen LogP) is 2.79. The number of urea groups is 1. The SMILES string of the molecule is CCCC(C)(C)NC(=O)Nc1cccc(C(=O)O)c1O. The van der Waals surface area contributed by atoms with Crippen molar-refractivity contribution in [3.05, 3.63) is 23.8 Å². The molecule has 0 bridgehead atoms. The van der Waals surface area contributed by atoms with Gasteiger partial charge >= 0.3 is 12.0 Å². The van der Waals surface area contributed by atoms with Crippen LogP contribution in [-0.4, -0.2) is 27.8 Å². The first kappa shape index (κ1) is 15.8. The third-order valence-electron chi connectivity index (χ3n) is 2.84. The minimum atomic E-state index is -1.25. The van der Waals surface area contributed by atoms with Crippen LogP contribution in [0.15, 0.2) is 18.2 Å². The normalized spacial score (nSPS) is 10.9. The molecule has 0 heterocycles. The average molecular weight is 280 g/mol. The van der Waals surface area contributed by atoms with Gasteiger partial charge in [-0.3, -0.25) is 0 Å². The van der Waals surface area contributed by atoms with E-state index in [-0.39, 0.29) is 16.8 Å². The molecule has 0 unspecified atom stereocenters. The number of phenols is 1. The molecule has 0 saturated heterocycles. The molecule has 6 heteroatoms. The Balaban J connectivity index is 2.82. The molecule has 0 spiro atoms. The molecule has 0 aromatic heterocycles. The summed E-state index contributed by atoms with van der Waals surface area (Å²) in [5, 5.41) is 23.9. The van der Waals surface area contributed by atoms with Crippen LogP contribution >= 0.6 is 0 Å². The number of rotatable bonds is 5. The summed E-state index contributed by atoms with van der Waals surface area (Å²) in [7, 11) is 0. The van der Waals surface area contributed by atoms with Crippen molar-refractivity contribution in [1.82, 2.24) is 5.32 Å². The molecule has 6 nitrogen and oxygen atoms in total. The first-order valence-corrected chi connectivity index (χ1v) is 6.41. The second-order valence-electron chi connectivity index (χ2n) is 5.22. The lowest BCUT2D eigenvalue weighted by Gasteiger charge is -2.26. The van der Waals surface area contributed by atoms with Gasteiger partial charge in [0.05, 0.1) is 5.69 Å². The Bertz CT molecular complexity index is 512. The molecular formula is C14H20N2O4. The molecule has 110 valence electrons. The third kappa shape index (κ3) is 4.15. The van der Waals surface area contributed by atoms with Crippen LogP contribution in [0.2, 0.25) is 0 Å². The summed E-state index contributed by atoms with van der Waals surface area (Å²) in [5.74, 6) is -1.71. The number of para-hydroxylation sites is 1. The first-order valence-electron chi connectivity index (χ1n) is 6.41. The second-order valence-corrected chi connectivity index (χ2v) is 5.22. The maximum absolute atomic E-state index is 11.9. The molecule has 0 saturated carbocycles. The van der Waals surface area contributed by atoms with E-state index in [0.29, 0.717) is 0 Å². The zero-order valence-electron chi connectivity index (χ0n) is 11.9. The minimum absolute atomic E-state index is 0.0645. The lowest BCUT2D eigenvalue weighted by molar-refractivity contribution is 0.0693. The Morgan fingerprint density at radius 1 is 1.30 bits per heavy atom. The number of nitrogens with one attached hydrogen (secondary N) is 2. The zero-order chi connectivity index (χ0) is 15.3. The van der Waals surface area contributed by atoms with Crippen LogP contribution in [0.5, 0.6) is 5.75 Å². The van der Waals surface area contributed by atoms with E-state index in [1.54, 1.807) is 0 Å². The van der Waals surface area contributed by atoms with Crippen molar-refractivity contribution in [2.45, 2.75) is 39.2 Å². The first-order chi connectivity index (χ1) is 9.26. The highest BCUT2D eigenvalue weighted by atomic mass is 16.4. The molecule has 0 aliphatic carbocycles. The number of benzene rings is 1. The number of hydrogen-bond donors (Lipinski definition) is 4. The number of anilines is 1. The van der Waals surface area contributed by atoms with Gasteiger partial charge in [-0.1, -0.05) is 19.4 Å². The summed E-state index contributed by atoms with van der Waals surface area (Å²) in [6.45, 7) is 5.80. The van der Waals surface area contributed by atoms with Crippen LogP contribution < -0.4 is 10.6 Å². The molecule has 0 aliphatic rings. The Labute approximate surface area is 117 Å². The van der Waals surface area contributed by atoms with Crippen LogP contribution in [0, 0.1) is 0 Å². The summed E-state index contributed by atoms with van der Waals surface area (Å²) in [6, 6.07) is 3.67. The lowest BCUT2D eigenvalue weighted by atomic mass is 9.99. The van der Waals surface area contributed by atoms with Crippen molar-refractivity contribution in [2.24, 2.45) is 0 Å². The van der Waals surface area contributed by atoms with E-state index in [1.807, 2.05) is 20.8 Å². The monoisotopic (exact) mass is 280 g/mol. The maximum Gasteiger partial charge on any atom is 0.339 e. The summed E-state index contributed by atoms with van der Waals surface area (Å²) >= 11 is 0. The second kappa shape index (κ2) is 6.27. The van der Waals surface area contributed by atoms with Gasteiger partial charge in [-0.15, -0.1) is 0 Å². The Morgan fingerprint density at radius 3 is 2.50 bits per heavy atom. The summed E-state index contributed by atoms with van der Waals surface area (Å²) < 4.78 is 0. The Kier molecular flexibility index (Phi) is 4.96. The van der Waals surface area contributed by atoms with Crippen LogP contribution in [-0.2, 0) is 0 Å². The molecule has 2 amide bonds. The number of aromatic carboxylic acids is 1. The molecular weight excluding hydrogens is 260 g/mol. The molecule has 4 N–H and O–H groups in total. The maximum atomic E-state index is 11.9. The van der Waals surface area contributed by atoms with E-state index in [2.05, 4.69) is 10.6 Å². The standard InChI is InChI=1S/C14H20N2O4/c1-4-8-14(2,3)16-13(20)15-10-7-5-6-9(11(10)17)12(18)19/h5-7,17H,4,8H2,1-3H3,(H,18,19)(H2,15,16,20). The number of amides is 2. The van der Waals surface area contributed by atoms with Gasteiger partial charge in [-0.05, 0) is 32.4 Å².